The summed E-state index contributed by atoms with van der Waals surface area (Å²) in [7, 11) is 0. The second-order valence-corrected chi connectivity index (χ2v) is 12.7. The van der Waals surface area contributed by atoms with Crippen LogP contribution in [0, 0.1) is 11.3 Å². The van der Waals surface area contributed by atoms with E-state index in [4.69, 9.17) is 0 Å². The number of nitriles is 1. The maximum absolute atomic E-state index is 15.8. The van der Waals surface area contributed by atoms with Gasteiger partial charge in [-0.1, -0.05) is 84.9 Å². The summed E-state index contributed by atoms with van der Waals surface area (Å²) >= 11 is 3.26. The van der Waals surface area contributed by atoms with Gasteiger partial charge in [0.05, 0.1) is 40.4 Å². The summed E-state index contributed by atoms with van der Waals surface area (Å²) in [6.45, 7) is 0. The van der Waals surface area contributed by atoms with Crippen LogP contribution in [0.3, 0.4) is 0 Å². The van der Waals surface area contributed by atoms with Crippen molar-refractivity contribution in [2.45, 2.75) is 28.1 Å². The number of halogens is 3. The van der Waals surface area contributed by atoms with E-state index in [1.165, 1.54) is 6.07 Å². The molecule has 0 aromatic heterocycles. The van der Waals surface area contributed by atoms with Crippen molar-refractivity contribution in [1.29, 1.82) is 5.26 Å². The summed E-state index contributed by atoms with van der Waals surface area (Å²) in [5.74, 6) is 1.10. The van der Waals surface area contributed by atoms with Gasteiger partial charge in [0, 0.05) is 21.3 Å². The topological polar surface area (TPSA) is 30.3 Å². The van der Waals surface area contributed by atoms with Gasteiger partial charge in [0.2, 0.25) is 0 Å². The van der Waals surface area contributed by atoms with Crippen molar-refractivity contribution in [2.75, 3.05) is 21.3 Å². The lowest BCUT2D eigenvalue weighted by Crippen LogP contribution is -2.34. The standard InChI is InChI=1S/C36H26F3N3S2/c37-36(38,39)34-29(41-27-15-7-9-17-32(27)43-22-30(41)24-11-3-1-4-12-24)20-19-26(21-40)35(34)42-28-16-8-10-18-33(28)44-23-31(42)25-13-5-2-6-14-25/h1-20,30-31H,22-23H2. The van der Waals surface area contributed by atoms with Gasteiger partial charge in [-0.25, -0.2) is 0 Å². The second-order valence-electron chi connectivity index (χ2n) is 10.6. The minimum Gasteiger partial charge on any atom is -0.332 e. The van der Waals surface area contributed by atoms with Crippen molar-refractivity contribution in [2.24, 2.45) is 0 Å². The average Bonchev–Trinajstić information content (AvgIpc) is 3.07. The molecule has 2 atom stereocenters. The van der Waals surface area contributed by atoms with Gasteiger partial charge in [-0.05, 0) is 47.5 Å². The number of alkyl halides is 3. The van der Waals surface area contributed by atoms with Gasteiger partial charge in [-0.15, -0.1) is 23.5 Å². The number of thioether (sulfide) groups is 2. The molecule has 0 N–H and O–H groups in total. The maximum atomic E-state index is 15.8. The fraction of sp³-hybridized carbons (Fsp3) is 0.139. The Kier molecular flexibility index (Phi) is 7.53. The third-order valence-electron chi connectivity index (χ3n) is 8.10. The van der Waals surface area contributed by atoms with Crippen LogP contribution in [0.2, 0.25) is 0 Å². The normalized spacial score (nSPS) is 17.9. The van der Waals surface area contributed by atoms with Crippen LogP contribution in [-0.2, 0) is 6.18 Å². The molecule has 0 saturated carbocycles. The third-order valence-corrected chi connectivity index (χ3v) is 10.4. The van der Waals surface area contributed by atoms with E-state index >= 15 is 13.2 Å². The van der Waals surface area contributed by atoms with Gasteiger partial charge in [0.15, 0.2) is 0 Å². The largest absolute Gasteiger partial charge is 0.420 e. The number of nitrogens with zero attached hydrogens (tertiary/aromatic N) is 3. The molecule has 2 aliphatic heterocycles. The van der Waals surface area contributed by atoms with Crippen LogP contribution in [0.4, 0.5) is 35.9 Å². The van der Waals surface area contributed by atoms with Crippen LogP contribution in [0.25, 0.3) is 0 Å². The number of anilines is 4. The van der Waals surface area contributed by atoms with E-state index in [0.717, 1.165) is 20.9 Å². The molecule has 8 heteroatoms. The molecule has 7 rings (SSSR count). The van der Waals surface area contributed by atoms with Crippen molar-refractivity contribution in [3.63, 3.8) is 0 Å². The first-order valence-corrected chi connectivity index (χ1v) is 16.2. The van der Waals surface area contributed by atoms with Crippen LogP contribution < -0.4 is 9.80 Å². The van der Waals surface area contributed by atoms with Crippen molar-refractivity contribution in [1.82, 2.24) is 0 Å². The van der Waals surface area contributed by atoms with Crippen molar-refractivity contribution in [3.05, 3.63) is 144 Å². The molecule has 5 aromatic rings. The lowest BCUT2D eigenvalue weighted by molar-refractivity contribution is -0.136. The molecule has 0 amide bonds. The maximum Gasteiger partial charge on any atom is 0.420 e. The smallest absolute Gasteiger partial charge is 0.332 e. The first kappa shape index (κ1) is 28.5. The van der Waals surface area contributed by atoms with E-state index in [1.807, 2.05) is 114 Å². The second kappa shape index (κ2) is 11.6. The summed E-state index contributed by atoms with van der Waals surface area (Å²) in [5, 5.41) is 10.4. The first-order valence-electron chi connectivity index (χ1n) is 14.2. The Labute approximate surface area is 262 Å². The summed E-state index contributed by atoms with van der Waals surface area (Å²) in [4.78, 5) is 5.38. The highest BCUT2D eigenvalue weighted by atomic mass is 32.2. The van der Waals surface area contributed by atoms with Crippen LogP contribution >= 0.6 is 23.5 Å². The molecule has 44 heavy (non-hydrogen) atoms. The number of rotatable bonds is 4. The quantitative estimate of drug-likeness (QED) is 0.199. The number of fused-ring (bicyclic) bond motifs is 2. The molecule has 0 saturated heterocycles. The van der Waals surface area contributed by atoms with E-state index in [9.17, 15) is 5.26 Å². The monoisotopic (exact) mass is 621 g/mol. The molecular formula is C36H26F3N3S2. The molecule has 2 heterocycles. The average molecular weight is 622 g/mol. The molecule has 5 aromatic carbocycles. The highest BCUT2D eigenvalue weighted by molar-refractivity contribution is 7.99. The SMILES string of the molecule is N#Cc1ccc(N2c3ccccc3SCC2c2ccccc2)c(C(F)(F)F)c1N1c2ccccc2SCC1c1ccccc1. The Morgan fingerprint density at radius 3 is 1.59 bits per heavy atom. The predicted molar refractivity (Wildman–Crippen MR) is 173 cm³/mol. The van der Waals surface area contributed by atoms with Crippen LogP contribution in [0.5, 0.6) is 0 Å². The van der Waals surface area contributed by atoms with Crippen molar-refractivity contribution < 1.29 is 13.2 Å². The van der Waals surface area contributed by atoms with Gasteiger partial charge in [-0.2, -0.15) is 18.4 Å². The van der Waals surface area contributed by atoms with Crippen LogP contribution in [0.1, 0.15) is 34.3 Å². The van der Waals surface area contributed by atoms with Crippen LogP contribution in [0.15, 0.2) is 131 Å². The molecule has 0 aliphatic carbocycles. The molecule has 2 aliphatic rings. The fourth-order valence-corrected chi connectivity index (χ4v) is 8.53. The third kappa shape index (κ3) is 5.00. The van der Waals surface area contributed by atoms with Crippen molar-refractivity contribution >= 4 is 46.3 Å². The van der Waals surface area contributed by atoms with Gasteiger partial charge in [0.25, 0.3) is 0 Å². The molecular weight excluding hydrogens is 596 g/mol. The Morgan fingerprint density at radius 2 is 1.07 bits per heavy atom. The zero-order chi connectivity index (χ0) is 30.3. The van der Waals surface area contributed by atoms with Gasteiger partial charge in [0.1, 0.15) is 11.6 Å². The highest BCUT2D eigenvalue weighted by Gasteiger charge is 2.45. The molecule has 0 radical (unpaired) electrons. The lowest BCUT2D eigenvalue weighted by Gasteiger charge is -2.43. The number of para-hydroxylation sites is 2. The first-order chi connectivity index (χ1) is 21.5. The number of hydrogen-bond donors (Lipinski definition) is 0. The Balaban J connectivity index is 1.54. The van der Waals surface area contributed by atoms with E-state index in [2.05, 4.69) is 6.07 Å². The molecule has 2 unspecified atom stereocenters. The molecule has 218 valence electrons. The molecule has 0 spiro atoms. The van der Waals surface area contributed by atoms with Gasteiger partial charge >= 0.3 is 6.18 Å². The van der Waals surface area contributed by atoms with E-state index < -0.39 is 17.8 Å². The molecule has 3 nitrogen and oxygen atoms in total. The summed E-state index contributed by atoms with van der Waals surface area (Å²) < 4.78 is 47.3. The summed E-state index contributed by atoms with van der Waals surface area (Å²) in [5.41, 5.74) is 2.30. The Bertz CT molecular complexity index is 1860. The molecule has 0 fully saturated rings. The van der Waals surface area contributed by atoms with E-state index in [0.29, 0.717) is 22.9 Å². The number of benzene rings is 5. The minimum atomic E-state index is -4.76. The van der Waals surface area contributed by atoms with E-state index in [-0.39, 0.29) is 23.0 Å². The predicted octanol–water partition coefficient (Wildman–Crippen LogP) is 10.5. The Morgan fingerprint density at radius 1 is 0.591 bits per heavy atom. The van der Waals surface area contributed by atoms with Gasteiger partial charge in [-0.3, -0.25) is 0 Å². The summed E-state index contributed by atoms with van der Waals surface area (Å²) in [6, 6.07) is 38.8. The highest BCUT2D eigenvalue weighted by Crippen LogP contribution is 2.56. The number of hydrogen-bond acceptors (Lipinski definition) is 5. The lowest BCUT2D eigenvalue weighted by atomic mass is 9.96. The van der Waals surface area contributed by atoms with Gasteiger partial charge < -0.3 is 9.80 Å². The summed E-state index contributed by atoms with van der Waals surface area (Å²) in [6.07, 6.45) is -4.76. The zero-order valence-electron chi connectivity index (χ0n) is 23.4. The fourth-order valence-electron chi connectivity index (χ4n) is 6.19. The zero-order valence-corrected chi connectivity index (χ0v) is 25.0. The van der Waals surface area contributed by atoms with Crippen molar-refractivity contribution in [3.8, 4) is 6.07 Å². The Hall–Kier alpha value is -4.32. The van der Waals surface area contributed by atoms with E-state index in [1.54, 1.807) is 34.5 Å². The van der Waals surface area contributed by atoms with Crippen LogP contribution in [-0.4, -0.2) is 11.5 Å². The minimum absolute atomic E-state index is 0.0142. The molecule has 0 bridgehead atoms.